The van der Waals surface area contributed by atoms with Gasteiger partial charge in [0, 0.05) is 22.5 Å². The lowest BCUT2D eigenvalue weighted by Gasteiger charge is -2.20. The first kappa shape index (κ1) is 22.4. The molecule has 3 rings (SSSR count). The Morgan fingerprint density at radius 3 is 2.48 bits per heavy atom. The maximum Gasteiger partial charge on any atom is 0.305 e. The monoisotopic (exact) mass is 459 g/mol. The number of rotatable bonds is 7. The predicted molar refractivity (Wildman–Crippen MR) is 122 cm³/mol. The van der Waals surface area contributed by atoms with Crippen molar-refractivity contribution in [2.24, 2.45) is 0 Å². The van der Waals surface area contributed by atoms with Crippen molar-refractivity contribution in [1.29, 1.82) is 0 Å². The van der Waals surface area contributed by atoms with E-state index in [0.29, 0.717) is 22.2 Å². The van der Waals surface area contributed by atoms with Gasteiger partial charge in [0.2, 0.25) is 5.95 Å². The van der Waals surface area contributed by atoms with Crippen molar-refractivity contribution in [3.8, 4) is 0 Å². The largest absolute Gasteiger partial charge is 0.481 e. The van der Waals surface area contributed by atoms with E-state index in [2.05, 4.69) is 25.9 Å². The van der Waals surface area contributed by atoms with E-state index >= 15 is 0 Å². The number of hydrogen-bond donors (Lipinski definition) is 4. The Hall–Kier alpha value is -3.30. The zero-order valence-electron chi connectivity index (χ0n) is 16.4. The molecule has 0 unspecified atom stereocenters. The summed E-state index contributed by atoms with van der Waals surface area (Å²) >= 11 is 11.3. The Morgan fingerprint density at radius 2 is 1.84 bits per heavy atom. The van der Waals surface area contributed by atoms with Crippen LogP contribution in [0.1, 0.15) is 23.7 Å². The van der Waals surface area contributed by atoms with Crippen LogP contribution >= 0.6 is 23.8 Å². The Kier molecular flexibility index (Phi) is 7.32. The number of nitrogens with zero attached hydrogens (tertiary/aromatic N) is 2. The van der Waals surface area contributed by atoms with Crippen LogP contribution in [-0.2, 0) is 4.79 Å². The maximum atomic E-state index is 13.1. The van der Waals surface area contributed by atoms with Crippen LogP contribution in [-0.4, -0.2) is 26.2 Å². The zero-order valence-corrected chi connectivity index (χ0v) is 18.0. The molecule has 0 fully saturated rings. The molecule has 1 aromatic heterocycles. The number of aliphatic carboxylic acids is 1. The first-order chi connectivity index (χ1) is 14.8. The number of thiocarbonyl (C=S) groups is 1. The maximum absolute atomic E-state index is 13.1. The SMILES string of the molecule is Cc1cc(Nc2ccc(F)cc2)nc(NC(=S)N[C@H](CC(=O)O)c2ccc(Cl)cc2)n1. The van der Waals surface area contributed by atoms with Crippen LogP contribution in [0.25, 0.3) is 0 Å². The van der Waals surface area contributed by atoms with Gasteiger partial charge in [-0.3, -0.25) is 4.79 Å². The standard InChI is InChI=1S/C21H19ClFN5O2S/c1-12-10-18(25-16-8-6-15(23)7-9-16)27-20(24-12)28-21(31)26-17(11-19(29)30)13-2-4-14(22)5-3-13/h2-10,17H,11H2,1H3,(H,29,30)(H3,24,25,26,27,28,31)/t17-/m1/s1. The fraction of sp³-hybridized carbons (Fsp3) is 0.143. The second kappa shape index (κ2) is 10.1. The molecule has 0 saturated heterocycles. The molecule has 0 aliphatic heterocycles. The molecule has 7 nitrogen and oxygen atoms in total. The molecule has 0 saturated carbocycles. The summed E-state index contributed by atoms with van der Waals surface area (Å²) in [6.45, 7) is 1.79. The lowest BCUT2D eigenvalue weighted by atomic mass is 10.0. The minimum Gasteiger partial charge on any atom is -0.481 e. The highest BCUT2D eigenvalue weighted by atomic mass is 35.5. The molecule has 3 aromatic rings. The van der Waals surface area contributed by atoms with Crippen LogP contribution in [0.3, 0.4) is 0 Å². The number of aromatic nitrogens is 2. The van der Waals surface area contributed by atoms with Crippen LogP contribution in [0.4, 0.5) is 21.8 Å². The highest BCUT2D eigenvalue weighted by molar-refractivity contribution is 7.80. The third kappa shape index (κ3) is 6.87. The van der Waals surface area contributed by atoms with E-state index in [4.69, 9.17) is 23.8 Å². The fourth-order valence-corrected chi connectivity index (χ4v) is 3.15. The first-order valence-corrected chi connectivity index (χ1v) is 10.00. The van der Waals surface area contributed by atoms with Gasteiger partial charge in [-0.05, 0) is 61.1 Å². The van der Waals surface area contributed by atoms with Gasteiger partial charge in [0.05, 0.1) is 12.5 Å². The van der Waals surface area contributed by atoms with Crippen molar-refractivity contribution in [2.45, 2.75) is 19.4 Å². The topological polar surface area (TPSA) is 99.2 Å². The molecule has 31 heavy (non-hydrogen) atoms. The second-order valence-electron chi connectivity index (χ2n) is 6.65. The third-order valence-corrected chi connectivity index (χ3v) is 4.62. The van der Waals surface area contributed by atoms with Gasteiger partial charge in [-0.25, -0.2) is 9.37 Å². The van der Waals surface area contributed by atoms with Crippen molar-refractivity contribution >= 4 is 52.4 Å². The molecule has 160 valence electrons. The molecule has 1 heterocycles. The van der Waals surface area contributed by atoms with Gasteiger partial charge in [0.25, 0.3) is 0 Å². The number of hydrogen-bond acceptors (Lipinski definition) is 5. The lowest BCUT2D eigenvalue weighted by Crippen LogP contribution is -2.34. The first-order valence-electron chi connectivity index (χ1n) is 9.21. The van der Waals surface area contributed by atoms with E-state index in [1.54, 1.807) is 49.4 Å². The normalized spacial score (nSPS) is 11.5. The van der Waals surface area contributed by atoms with Gasteiger partial charge in [-0.15, -0.1) is 0 Å². The van der Waals surface area contributed by atoms with Gasteiger partial charge < -0.3 is 21.1 Å². The summed E-state index contributed by atoms with van der Waals surface area (Å²) in [6, 6.07) is 13.9. The zero-order chi connectivity index (χ0) is 22.4. The minimum absolute atomic E-state index is 0.166. The van der Waals surface area contributed by atoms with E-state index < -0.39 is 12.0 Å². The number of carboxylic acids is 1. The number of halogens is 2. The van der Waals surface area contributed by atoms with Crippen molar-refractivity contribution in [3.63, 3.8) is 0 Å². The summed E-state index contributed by atoms with van der Waals surface area (Å²) < 4.78 is 13.1. The molecule has 2 aromatic carbocycles. The molecular weight excluding hydrogens is 441 g/mol. The number of aryl methyl sites for hydroxylation is 1. The number of carbonyl (C=O) groups is 1. The van der Waals surface area contributed by atoms with E-state index in [1.165, 1.54) is 12.1 Å². The van der Waals surface area contributed by atoms with Crippen molar-refractivity contribution < 1.29 is 14.3 Å². The highest BCUT2D eigenvalue weighted by Gasteiger charge is 2.17. The van der Waals surface area contributed by atoms with Gasteiger partial charge in [-0.2, -0.15) is 4.98 Å². The Labute approximate surface area is 188 Å². The van der Waals surface area contributed by atoms with Crippen LogP contribution in [0.5, 0.6) is 0 Å². The number of nitrogens with one attached hydrogen (secondary N) is 3. The lowest BCUT2D eigenvalue weighted by molar-refractivity contribution is -0.137. The summed E-state index contributed by atoms with van der Waals surface area (Å²) in [5.41, 5.74) is 2.06. The third-order valence-electron chi connectivity index (χ3n) is 4.15. The van der Waals surface area contributed by atoms with E-state index in [9.17, 15) is 14.3 Å². The molecular formula is C21H19ClFN5O2S. The van der Waals surface area contributed by atoms with E-state index in [1.807, 2.05) is 0 Å². The Bertz CT molecular complexity index is 1080. The van der Waals surface area contributed by atoms with Crippen LogP contribution in [0.15, 0.2) is 54.6 Å². The molecule has 0 aliphatic rings. The summed E-state index contributed by atoms with van der Waals surface area (Å²) in [7, 11) is 0. The second-order valence-corrected chi connectivity index (χ2v) is 7.50. The van der Waals surface area contributed by atoms with Crippen molar-refractivity contribution in [2.75, 3.05) is 10.6 Å². The molecule has 1 atom stereocenters. The molecule has 0 spiro atoms. The van der Waals surface area contributed by atoms with Crippen LogP contribution in [0.2, 0.25) is 5.02 Å². The molecule has 0 aliphatic carbocycles. The predicted octanol–water partition coefficient (Wildman–Crippen LogP) is 4.82. The van der Waals surface area contributed by atoms with Gasteiger partial charge in [0.15, 0.2) is 5.11 Å². The molecule has 10 heteroatoms. The van der Waals surface area contributed by atoms with Crippen LogP contribution in [0, 0.1) is 12.7 Å². The smallest absolute Gasteiger partial charge is 0.305 e. The Balaban J connectivity index is 1.72. The summed E-state index contributed by atoms with van der Waals surface area (Å²) in [5.74, 6) is -0.593. The molecule has 0 radical (unpaired) electrons. The molecule has 0 amide bonds. The summed E-state index contributed by atoms with van der Waals surface area (Å²) in [4.78, 5) is 19.9. The molecule has 4 N–H and O–H groups in total. The summed E-state index contributed by atoms with van der Waals surface area (Å²) in [6.07, 6.45) is -0.185. The highest BCUT2D eigenvalue weighted by Crippen LogP contribution is 2.20. The number of carboxylic acid groups (broad SMARTS) is 1. The fourth-order valence-electron chi connectivity index (χ4n) is 2.79. The average molecular weight is 460 g/mol. The quantitative estimate of drug-likeness (QED) is 0.373. The van der Waals surface area contributed by atoms with Gasteiger partial charge >= 0.3 is 5.97 Å². The van der Waals surface area contributed by atoms with Gasteiger partial charge in [-0.1, -0.05) is 23.7 Å². The van der Waals surface area contributed by atoms with E-state index in [0.717, 1.165) is 5.56 Å². The van der Waals surface area contributed by atoms with Crippen molar-refractivity contribution in [1.82, 2.24) is 15.3 Å². The average Bonchev–Trinajstić information content (AvgIpc) is 2.69. The van der Waals surface area contributed by atoms with Crippen LogP contribution < -0.4 is 16.0 Å². The number of benzene rings is 2. The van der Waals surface area contributed by atoms with Gasteiger partial charge in [0.1, 0.15) is 11.6 Å². The Morgan fingerprint density at radius 1 is 1.16 bits per heavy atom. The van der Waals surface area contributed by atoms with E-state index in [-0.39, 0.29) is 23.3 Å². The number of anilines is 3. The summed E-state index contributed by atoms with van der Waals surface area (Å²) in [5, 5.41) is 18.9. The molecule has 0 bridgehead atoms. The minimum atomic E-state index is -0.979. The van der Waals surface area contributed by atoms with Crippen molar-refractivity contribution in [3.05, 3.63) is 76.7 Å².